The molecule has 4 aromatic rings. The van der Waals surface area contributed by atoms with E-state index in [0.717, 1.165) is 5.56 Å². The van der Waals surface area contributed by atoms with E-state index >= 15 is 0 Å². The van der Waals surface area contributed by atoms with Gasteiger partial charge in [0.1, 0.15) is 17.9 Å². The van der Waals surface area contributed by atoms with Crippen molar-refractivity contribution in [2.45, 2.75) is 6.61 Å². The minimum Gasteiger partial charge on any atom is -0.485 e. The number of nitrogens with two attached hydrogens (primary N) is 1. The van der Waals surface area contributed by atoms with Crippen molar-refractivity contribution in [2.75, 3.05) is 12.8 Å². The van der Waals surface area contributed by atoms with E-state index in [1.807, 2.05) is 12.1 Å². The molecule has 0 saturated carbocycles. The molecular formula is C20H16ClN5O3. The molecule has 0 aliphatic rings. The predicted molar refractivity (Wildman–Crippen MR) is 109 cm³/mol. The van der Waals surface area contributed by atoms with Gasteiger partial charge in [-0.2, -0.15) is 5.10 Å². The topological polar surface area (TPSA) is 116 Å². The summed E-state index contributed by atoms with van der Waals surface area (Å²) in [6.45, 7) is 0.175. The third kappa shape index (κ3) is 3.70. The number of pyridine rings is 2. The molecule has 146 valence electrons. The fraction of sp³-hybridized carbons (Fsp3) is 0.100. The highest BCUT2D eigenvalue weighted by Crippen LogP contribution is 2.35. The molecule has 0 unspecified atom stereocenters. The van der Waals surface area contributed by atoms with E-state index in [4.69, 9.17) is 22.1 Å². The average molecular weight is 410 g/mol. The van der Waals surface area contributed by atoms with E-state index in [2.05, 4.69) is 24.9 Å². The van der Waals surface area contributed by atoms with E-state index in [-0.39, 0.29) is 6.61 Å². The Kier molecular flexibility index (Phi) is 5.01. The van der Waals surface area contributed by atoms with Crippen LogP contribution in [0.15, 0.2) is 48.8 Å². The monoisotopic (exact) mass is 409 g/mol. The van der Waals surface area contributed by atoms with Crippen LogP contribution in [0, 0.1) is 0 Å². The Morgan fingerprint density at radius 1 is 1.24 bits per heavy atom. The van der Waals surface area contributed by atoms with E-state index < -0.39 is 5.97 Å². The van der Waals surface area contributed by atoms with Gasteiger partial charge in [-0.3, -0.25) is 15.1 Å². The van der Waals surface area contributed by atoms with Crippen molar-refractivity contribution in [3.05, 3.63) is 65.1 Å². The second-order valence-corrected chi connectivity index (χ2v) is 6.57. The lowest BCUT2D eigenvalue weighted by molar-refractivity contribution is 0.0600. The van der Waals surface area contributed by atoms with Gasteiger partial charge in [0.05, 0.1) is 29.1 Å². The van der Waals surface area contributed by atoms with Crippen molar-refractivity contribution in [1.82, 2.24) is 20.2 Å². The highest BCUT2D eigenvalue weighted by Gasteiger charge is 2.15. The Morgan fingerprint density at radius 3 is 2.83 bits per heavy atom. The number of aromatic amines is 1. The van der Waals surface area contributed by atoms with Crippen LogP contribution in [0.2, 0.25) is 5.02 Å². The molecule has 0 amide bonds. The molecule has 0 aliphatic carbocycles. The summed E-state index contributed by atoms with van der Waals surface area (Å²) in [4.78, 5) is 20.1. The van der Waals surface area contributed by atoms with Gasteiger partial charge in [-0.15, -0.1) is 0 Å². The summed E-state index contributed by atoms with van der Waals surface area (Å²) < 4.78 is 10.6. The van der Waals surface area contributed by atoms with Gasteiger partial charge >= 0.3 is 5.97 Å². The molecule has 4 rings (SSSR count). The maximum absolute atomic E-state index is 11.5. The van der Waals surface area contributed by atoms with Crippen LogP contribution in [0.1, 0.15) is 16.1 Å². The van der Waals surface area contributed by atoms with Crippen LogP contribution in [0.3, 0.4) is 0 Å². The summed E-state index contributed by atoms with van der Waals surface area (Å²) in [5.74, 6) is 0.432. The van der Waals surface area contributed by atoms with Gasteiger partial charge in [-0.1, -0.05) is 11.6 Å². The Bertz CT molecular complexity index is 1190. The standard InChI is InChI=1S/C20H16ClN5O3/c1-28-20(27)11-4-5-13(24-9-11)10-29-16-8-12(17-15(21)3-2-6-23-17)7-14-18(16)25-26-19(14)22/h2-9H,10H2,1H3,(H3,22,25,26). The number of halogens is 1. The molecule has 0 fully saturated rings. The number of ether oxygens (including phenoxy) is 2. The number of nitrogens with zero attached hydrogens (tertiary/aromatic N) is 3. The molecule has 8 nitrogen and oxygen atoms in total. The first kappa shape index (κ1) is 18.7. The zero-order chi connectivity index (χ0) is 20.4. The van der Waals surface area contributed by atoms with Crippen molar-refractivity contribution < 1.29 is 14.3 Å². The maximum Gasteiger partial charge on any atom is 0.339 e. The van der Waals surface area contributed by atoms with Gasteiger partial charge in [-0.05, 0) is 36.4 Å². The number of carbonyl (C=O) groups is 1. The summed E-state index contributed by atoms with van der Waals surface area (Å²) in [5.41, 5.74) is 9.01. The Balaban J connectivity index is 1.66. The molecule has 3 aromatic heterocycles. The molecule has 3 heterocycles. The smallest absolute Gasteiger partial charge is 0.339 e. The number of H-pyrrole nitrogens is 1. The lowest BCUT2D eigenvalue weighted by Gasteiger charge is -2.10. The molecule has 0 saturated heterocycles. The maximum atomic E-state index is 11.5. The first-order valence-electron chi connectivity index (χ1n) is 8.61. The van der Waals surface area contributed by atoms with Crippen molar-refractivity contribution >= 4 is 34.3 Å². The molecule has 0 radical (unpaired) electrons. The van der Waals surface area contributed by atoms with Crippen LogP contribution in [-0.2, 0) is 11.3 Å². The number of aromatic nitrogens is 4. The van der Waals surface area contributed by atoms with E-state index in [0.29, 0.717) is 44.4 Å². The van der Waals surface area contributed by atoms with Crippen LogP contribution < -0.4 is 10.5 Å². The van der Waals surface area contributed by atoms with Crippen molar-refractivity contribution in [3.63, 3.8) is 0 Å². The van der Waals surface area contributed by atoms with Gasteiger partial charge in [0.25, 0.3) is 0 Å². The molecular weight excluding hydrogens is 394 g/mol. The van der Waals surface area contributed by atoms with Crippen molar-refractivity contribution in [3.8, 4) is 17.0 Å². The number of rotatable bonds is 5. The number of nitrogens with one attached hydrogen (secondary N) is 1. The summed E-state index contributed by atoms with van der Waals surface area (Å²) in [7, 11) is 1.32. The normalized spacial score (nSPS) is 10.8. The third-order valence-electron chi connectivity index (χ3n) is 4.32. The largest absolute Gasteiger partial charge is 0.485 e. The Hall–Kier alpha value is -3.65. The van der Waals surface area contributed by atoms with E-state index in [1.54, 1.807) is 30.5 Å². The number of anilines is 1. The highest BCUT2D eigenvalue weighted by atomic mass is 35.5. The van der Waals surface area contributed by atoms with Gasteiger partial charge in [0.2, 0.25) is 0 Å². The fourth-order valence-electron chi connectivity index (χ4n) is 2.86. The second-order valence-electron chi connectivity index (χ2n) is 6.16. The van der Waals surface area contributed by atoms with Gasteiger partial charge in [0.15, 0.2) is 5.82 Å². The lowest BCUT2D eigenvalue weighted by Crippen LogP contribution is -2.04. The number of benzene rings is 1. The molecule has 0 bridgehead atoms. The highest BCUT2D eigenvalue weighted by molar-refractivity contribution is 6.33. The summed E-state index contributed by atoms with van der Waals surface area (Å²) in [6.07, 6.45) is 3.11. The Morgan fingerprint density at radius 2 is 2.10 bits per heavy atom. The number of methoxy groups -OCH3 is 1. The van der Waals surface area contributed by atoms with Crippen LogP contribution in [0.4, 0.5) is 5.82 Å². The number of carbonyl (C=O) groups excluding carboxylic acids is 1. The summed E-state index contributed by atoms with van der Waals surface area (Å²) >= 11 is 6.30. The van der Waals surface area contributed by atoms with Gasteiger partial charge in [-0.25, -0.2) is 4.79 Å². The third-order valence-corrected chi connectivity index (χ3v) is 4.62. The van der Waals surface area contributed by atoms with Crippen molar-refractivity contribution in [2.24, 2.45) is 0 Å². The number of hydrogen-bond donors (Lipinski definition) is 2. The minimum absolute atomic E-state index is 0.175. The molecule has 3 N–H and O–H groups in total. The molecule has 29 heavy (non-hydrogen) atoms. The molecule has 0 spiro atoms. The van der Waals surface area contributed by atoms with Crippen LogP contribution >= 0.6 is 11.6 Å². The quantitative estimate of drug-likeness (QED) is 0.483. The van der Waals surface area contributed by atoms with Gasteiger partial charge in [0, 0.05) is 23.3 Å². The van der Waals surface area contributed by atoms with Crippen LogP contribution in [0.25, 0.3) is 22.2 Å². The first-order chi connectivity index (χ1) is 14.1. The molecule has 1 aromatic carbocycles. The summed E-state index contributed by atoms with van der Waals surface area (Å²) in [5, 5.41) is 8.16. The number of hydrogen-bond acceptors (Lipinski definition) is 7. The van der Waals surface area contributed by atoms with Crippen LogP contribution in [-0.4, -0.2) is 33.2 Å². The molecule has 0 aliphatic heterocycles. The van der Waals surface area contributed by atoms with Gasteiger partial charge < -0.3 is 15.2 Å². The predicted octanol–water partition coefficient (Wildman–Crippen LogP) is 3.62. The number of esters is 1. The van der Waals surface area contributed by atoms with E-state index in [9.17, 15) is 4.79 Å². The number of fused-ring (bicyclic) bond motifs is 1. The zero-order valence-electron chi connectivity index (χ0n) is 15.3. The Labute approximate surface area is 170 Å². The van der Waals surface area contributed by atoms with E-state index in [1.165, 1.54) is 13.3 Å². The average Bonchev–Trinajstić information content (AvgIpc) is 3.13. The number of nitrogen functional groups attached to an aromatic ring is 1. The van der Waals surface area contributed by atoms with Crippen molar-refractivity contribution in [1.29, 1.82) is 0 Å². The molecule has 9 heteroatoms. The first-order valence-corrected chi connectivity index (χ1v) is 8.99. The minimum atomic E-state index is -0.445. The SMILES string of the molecule is COC(=O)c1ccc(COc2cc(-c3ncccc3Cl)cc3c(N)n[nH]c23)nc1. The summed E-state index contributed by atoms with van der Waals surface area (Å²) in [6, 6.07) is 10.5. The lowest BCUT2D eigenvalue weighted by atomic mass is 10.1. The van der Waals surface area contributed by atoms with Crippen LogP contribution in [0.5, 0.6) is 5.75 Å². The fourth-order valence-corrected chi connectivity index (χ4v) is 3.09. The second kappa shape index (κ2) is 7.76. The zero-order valence-corrected chi connectivity index (χ0v) is 16.1. The molecule has 0 atom stereocenters.